The molecule has 24 heavy (non-hydrogen) atoms. The maximum absolute atomic E-state index is 12.1. The number of rotatable bonds is 4. The Bertz CT molecular complexity index is 1020. The standard InChI is InChI=1S/C18H15N5O/c24-18-11-16(21-17-3-1-2-9-23(17)18)20-12-14-4-6-15(7-5-14)22-10-8-19-13-22/h1-11,13,20H,12H2. The van der Waals surface area contributed by atoms with Crippen molar-refractivity contribution < 1.29 is 0 Å². The molecule has 0 spiro atoms. The largest absolute Gasteiger partial charge is 0.366 e. The van der Waals surface area contributed by atoms with Crippen molar-refractivity contribution in [1.29, 1.82) is 0 Å². The van der Waals surface area contributed by atoms with Crippen LogP contribution in [0.2, 0.25) is 0 Å². The highest BCUT2D eigenvalue weighted by molar-refractivity contribution is 5.46. The van der Waals surface area contributed by atoms with Gasteiger partial charge in [-0.15, -0.1) is 0 Å². The summed E-state index contributed by atoms with van der Waals surface area (Å²) in [6.07, 6.45) is 7.13. The molecule has 1 N–H and O–H groups in total. The smallest absolute Gasteiger partial charge is 0.259 e. The predicted octanol–water partition coefficient (Wildman–Crippen LogP) is 2.49. The zero-order valence-electron chi connectivity index (χ0n) is 12.8. The van der Waals surface area contributed by atoms with Crippen LogP contribution in [0.1, 0.15) is 5.56 Å². The molecule has 0 saturated heterocycles. The van der Waals surface area contributed by atoms with Crippen LogP contribution in [0.25, 0.3) is 11.3 Å². The van der Waals surface area contributed by atoms with Gasteiger partial charge in [-0.05, 0) is 29.8 Å². The summed E-state index contributed by atoms with van der Waals surface area (Å²) in [6.45, 7) is 0.597. The summed E-state index contributed by atoms with van der Waals surface area (Å²) in [5.41, 5.74) is 2.69. The summed E-state index contributed by atoms with van der Waals surface area (Å²) in [4.78, 5) is 20.6. The fourth-order valence-corrected chi connectivity index (χ4v) is 2.53. The number of nitrogens with zero attached hydrogens (tertiary/aromatic N) is 4. The molecule has 3 heterocycles. The molecule has 0 unspecified atom stereocenters. The van der Waals surface area contributed by atoms with Crippen LogP contribution >= 0.6 is 0 Å². The number of fused-ring (bicyclic) bond motifs is 1. The summed E-state index contributed by atoms with van der Waals surface area (Å²) >= 11 is 0. The fourth-order valence-electron chi connectivity index (χ4n) is 2.53. The molecule has 118 valence electrons. The third kappa shape index (κ3) is 2.77. The summed E-state index contributed by atoms with van der Waals surface area (Å²) in [5.74, 6) is 0.574. The third-order valence-electron chi connectivity index (χ3n) is 3.78. The molecule has 0 bridgehead atoms. The monoisotopic (exact) mass is 317 g/mol. The number of hydrogen-bond acceptors (Lipinski definition) is 4. The van der Waals surface area contributed by atoms with E-state index in [1.165, 1.54) is 10.5 Å². The van der Waals surface area contributed by atoms with E-state index in [0.717, 1.165) is 11.3 Å². The number of hydrogen-bond donors (Lipinski definition) is 1. The molecule has 0 amide bonds. The first-order valence-electron chi connectivity index (χ1n) is 7.59. The molecule has 1 aromatic carbocycles. The van der Waals surface area contributed by atoms with Gasteiger partial charge >= 0.3 is 0 Å². The van der Waals surface area contributed by atoms with Gasteiger partial charge in [0.15, 0.2) is 0 Å². The molecule has 0 radical (unpaired) electrons. The van der Waals surface area contributed by atoms with Crippen LogP contribution in [0.3, 0.4) is 0 Å². The van der Waals surface area contributed by atoms with Crippen LogP contribution in [0.15, 0.2) is 78.2 Å². The lowest BCUT2D eigenvalue weighted by Crippen LogP contribution is -2.15. The lowest BCUT2D eigenvalue weighted by molar-refractivity contribution is 1.02. The van der Waals surface area contributed by atoms with Gasteiger partial charge in [0.05, 0.1) is 6.33 Å². The van der Waals surface area contributed by atoms with Crippen molar-refractivity contribution in [2.45, 2.75) is 6.54 Å². The van der Waals surface area contributed by atoms with E-state index in [1.54, 1.807) is 18.7 Å². The molecule has 0 aliphatic rings. The van der Waals surface area contributed by atoms with E-state index in [-0.39, 0.29) is 5.56 Å². The highest BCUT2D eigenvalue weighted by Crippen LogP contribution is 2.11. The van der Waals surface area contributed by atoms with Crippen molar-refractivity contribution >= 4 is 11.5 Å². The van der Waals surface area contributed by atoms with E-state index < -0.39 is 0 Å². The van der Waals surface area contributed by atoms with E-state index in [2.05, 4.69) is 15.3 Å². The average Bonchev–Trinajstić information content (AvgIpc) is 3.15. The first kappa shape index (κ1) is 14.2. The van der Waals surface area contributed by atoms with Crippen LogP contribution < -0.4 is 10.9 Å². The maximum Gasteiger partial charge on any atom is 0.259 e. The van der Waals surface area contributed by atoms with Crippen LogP contribution in [-0.2, 0) is 6.54 Å². The second kappa shape index (κ2) is 6.00. The normalized spacial score (nSPS) is 10.8. The van der Waals surface area contributed by atoms with Crippen LogP contribution in [-0.4, -0.2) is 18.9 Å². The second-order valence-electron chi connectivity index (χ2n) is 5.40. The summed E-state index contributed by atoms with van der Waals surface area (Å²) in [7, 11) is 0. The van der Waals surface area contributed by atoms with Gasteiger partial charge in [0, 0.05) is 36.9 Å². The number of nitrogens with one attached hydrogen (secondary N) is 1. The molecule has 4 aromatic rings. The maximum atomic E-state index is 12.1. The number of aromatic nitrogens is 4. The minimum Gasteiger partial charge on any atom is -0.366 e. The average molecular weight is 317 g/mol. The van der Waals surface area contributed by atoms with E-state index in [4.69, 9.17) is 0 Å². The molecule has 4 rings (SSSR count). The van der Waals surface area contributed by atoms with E-state index in [1.807, 2.05) is 53.2 Å². The molecule has 0 aliphatic carbocycles. The molecule has 0 aliphatic heterocycles. The van der Waals surface area contributed by atoms with Crippen molar-refractivity contribution in [3.05, 3.63) is 89.4 Å². The predicted molar refractivity (Wildman–Crippen MR) is 92.4 cm³/mol. The van der Waals surface area contributed by atoms with Gasteiger partial charge in [0.1, 0.15) is 11.5 Å². The minimum atomic E-state index is -0.0986. The van der Waals surface area contributed by atoms with E-state index in [0.29, 0.717) is 18.0 Å². The highest BCUT2D eigenvalue weighted by Gasteiger charge is 2.02. The number of imidazole rings is 1. The van der Waals surface area contributed by atoms with E-state index in [9.17, 15) is 4.79 Å². The van der Waals surface area contributed by atoms with Gasteiger partial charge in [-0.25, -0.2) is 9.97 Å². The zero-order valence-corrected chi connectivity index (χ0v) is 12.8. The second-order valence-corrected chi connectivity index (χ2v) is 5.40. The molecule has 6 nitrogen and oxygen atoms in total. The van der Waals surface area contributed by atoms with Crippen molar-refractivity contribution in [2.75, 3.05) is 5.32 Å². The topological polar surface area (TPSA) is 64.2 Å². The Morgan fingerprint density at radius 1 is 1.04 bits per heavy atom. The van der Waals surface area contributed by atoms with Crippen LogP contribution in [0.5, 0.6) is 0 Å². The molecule has 3 aromatic heterocycles. The Hall–Kier alpha value is -3.41. The van der Waals surface area contributed by atoms with E-state index >= 15 is 0 Å². The fraction of sp³-hybridized carbons (Fsp3) is 0.0556. The van der Waals surface area contributed by atoms with Gasteiger partial charge < -0.3 is 9.88 Å². The first-order chi connectivity index (χ1) is 11.8. The third-order valence-corrected chi connectivity index (χ3v) is 3.78. The summed E-state index contributed by atoms with van der Waals surface area (Å²) in [5, 5.41) is 3.20. The Labute approximate surface area is 138 Å². The van der Waals surface area contributed by atoms with Gasteiger partial charge in [0.25, 0.3) is 5.56 Å². The van der Waals surface area contributed by atoms with Crippen LogP contribution in [0.4, 0.5) is 5.82 Å². The molecule has 0 fully saturated rings. The lowest BCUT2D eigenvalue weighted by atomic mass is 10.2. The number of benzene rings is 1. The van der Waals surface area contributed by atoms with Gasteiger partial charge in [-0.3, -0.25) is 9.20 Å². The SMILES string of the molecule is O=c1cc(NCc2ccc(-n3ccnc3)cc2)nc2ccccn12. The van der Waals surface area contributed by atoms with Crippen molar-refractivity contribution in [2.24, 2.45) is 0 Å². The minimum absolute atomic E-state index is 0.0986. The van der Waals surface area contributed by atoms with Crippen LogP contribution in [0, 0.1) is 0 Å². The van der Waals surface area contributed by atoms with Gasteiger partial charge in [0.2, 0.25) is 0 Å². The Kier molecular flexibility index (Phi) is 3.55. The molecule has 6 heteroatoms. The van der Waals surface area contributed by atoms with Crippen molar-refractivity contribution in [3.63, 3.8) is 0 Å². The molecular weight excluding hydrogens is 302 g/mol. The summed E-state index contributed by atoms with van der Waals surface area (Å²) < 4.78 is 3.47. The first-order valence-corrected chi connectivity index (χ1v) is 7.59. The van der Waals surface area contributed by atoms with Gasteiger partial charge in [-0.2, -0.15) is 0 Å². The molecule has 0 atom stereocenters. The molecular formula is C18H15N5O. The lowest BCUT2D eigenvalue weighted by Gasteiger charge is -2.08. The van der Waals surface area contributed by atoms with Crippen molar-refractivity contribution in [1.82, 2.24) is 18.9 Å². The Morgan fingerprint density at radius 3 is 2.71 bits per heavy atom. The molecule has 0 saturated carbocycles. The number of pyridine rings is 1. The Balaban J connectivity index is 1.51. The number of anilines is 1. The van der Waals surface area contributed by atoms with Crippen molar-refractivity contribution in [3.8, 4) is 5.69 Å². The Morgan fingerprint density at radius 2 is 1.92 bits per heavy atom. The quantitative estimate of drug-likeness (QED) is 0.628. The highest BCUT2D eigenvalue weighted by atomic mass is 16.1. The zero-order chi connectivity index (χ0) is 16.4. The summed E-state index contributed by atoms with van der Waals surface area (Å²) in [6, 6.07) is 15.1. The van der Waals surface area contributed by atoms with Gasteiger partial charge in [-0.1, -0.05) is 18.2 Å².